The second-order valence-electron chi connectivity index (χ2n) is 5.26. The van der Waals surface area contributed by atoms with E-state index in [0.717, 1.165) is 29.9 Å². The van der Waals surface area contributed by atoms with Crippen molar-refractivity contribution >= 4 is 5.91 Å². The lowest BCUT2D eigenvalue weighted by Gasteiger charge is -2.04. The van der Waals surface area contributed by atoms with Crippen LogP contribution in [0.15, 0.2) is 28.8 Å². The Hall–Kier alpha value is -2.50. The molecule has 0 spiro atoms. The van der Waals surface area contributed by atoms with E-state index in [2.05, 4.69) is 10.5 Å². The maximum atomic E-state index is 12.0. The molecule has 1 amide bonds. The van der Waals surface area contributed by atoms with E-state index < -0.39 is 0 Å². The Bertz CT molecular complexity index is 691. The number of aromatic nitrogens is 1. The van der Waals surface area contributed by atoms with E-state index >= 15 is 0 Å². The second kappa shape index (κ2) is 4.80. The topological polar surface area (TPSA) is 73.6 Å². The number of ether oxygens (including phenoxy) is 2. The van der Waals surface area contributed by atoms with Crippen molar-refractivity contribution < 1.29 is 18.8 Å². The number of rotatable bonds is 4. The van der Waals surface area contributed by atoms with Crippen LogP contribution in [-0.4, -0.2) is 17.9 Å². The van der Waals surface area contributed by atoms with Gasteiger partial charge in [-0.25, -0.2) is 0 Å². The summed E-state index contributed by atoms with van der Waals surface area (Å²) in [7, 11) is 0. The fourth-order valence-corrected chi connectivity index (χ4v) is 2.28. The molecule has 1 saturated carbocycles. The SMILES string of the molecule is O=C(NCc1ccc2c(c1)OCO2)c1cc(C2CC2)on1. The van der Waals surface area contributed by atoms with Crippen LogP contribution in [0.1, 0.15) is 40.6 Å². The number of benzene rings is 1. The first-order chi connectivity index (χ1) is 10.3. The summed E-state index contributed by atoms with van der Waals surface area (Å²) >= 11 is 0. The molecule has 4 rings (SSSR count). The Balaban J connectivity index is 1.40. The summed E-state index contributed by atoms with van der Waals surface area (Å²) in [5, 5.41) is 6.64. The largest absolute Gasteiger partial charge is 0.454 e. The van der Waals surface area contributed by atoms with Crippen molar-refractivity contribution in [3.8, 4) is 11.5 Å². The van der Waals surface area contributed by atoms with Crippen LogP contribution in [0.25, 0.3) is 0 Å². The number of hydrogen-bond donors (Lipinski definition) is 1. The van der Waals surface area contributed by atoms with Gasteiger partial charge in [0.2, 0.25) is 6.79 Å². The molecule has 1 aromatic carbocycles. The maximum Gasteiger partial charge on any atom is 0.273 e. The fraction of sp³-hybridized carbons (Fsp3) is 0.333. The number of fused-ring (bicyclic) bond motifs is 1. The van der Waals surface area contributed by atoms with Crippen LogP contribution in [0.3, 0.4) is 0 Å². The van der Waals surface area contributed by atoms with Crippen molar-refractivity contribution in [2.45, 2.75) is 25.3 Å². The predicted octanol–water partition coefficient (Wildman–Crippen LogP) is 2.21. The quantitative estimate of drug-likeness (QED) is 0.932. The summed E-state index contributed by atoms with van der Waals surface area (Å²) < 4.78 is 15.7. The van der Waals surface area contributed by atoms with E-state index in [-0.39, 0.29) is 12.7 Å². The van der Waals surface area contributed by atoms with E-state index in [1.54, 1.807) is 6.07 Å². The Labute approximate surface area is 121 Å². The summed E-state index contributed by atoms with van der Waals surface area (Å²) in [5.41, 5.74) is 1.27. The van der Waals surface area contributed by atoms with Gasteiger partial charge in [-0.05, 0) is 30.5 Å². The third-order valence-electron chi connectivity index (χ3n) is 3.63. The smallest absolute Gasteiger partial charge is 0.273 e. The van der Waals surface area contributed by atoms with Gasteiger partial charge in [-0.3, -0.25) is 4.79 Å². The lowest BCUT2D eigenvalue weighted by Crippen LogP contribution is -2.23. The van der Waals surface area contributed by atoms with Crippen LogP contribution < -0.4 is 14.8 Å². The molecule has 0 saturated heterocycles. The lowest BCUT2D eigenvalue weighted by atomic mass is 10.2. The van der Waals surface area contributed by atoms with Crippen LogP contribution in [-0.2, 0) is 6.54 Å². The van der Waals surface area contributed by atoms with E-state index in [1.807, 2.05) is 18.2 Å². The first-order valence-electron chi connectivity index (χ1n) is 6.93. The molecule has 2 heterocycles. The standard InChI is InChI=1S/C15H14N2O4/c18-15(11-6-13(21-17-11)10-2-3-10)16-7-9-1-4-12-14(5-9)20-8-19-12/h1,4-6,10H,2-3,7-8H2,(H,16,18). The van der Waals surface area contributed by atoms with Crippen LogP contribution in [0.5, 0.6) is 11.5 Å². The number of carbonyl (C=O) groups is 1. The number of nitrogens with one attached hydrogen (secondary N) is 1. The lowest BCUT2D eigenvalue weighted by molar-refractivity contribution is 0.0941. The highest BCUT2D eigenvalue weighted by atomic mass is 16.7. The van der Waals surface area contributed by atoms with Crippen molar-refractivity contribution in [3.05, 3.63) is 41.3 Å². The normalized spacial score (nSPS) is 16.0. The average Bonchev–Trinajstić information content (AvgIpc) is 3.05. The highest BCUT2D eigenvalue weighted by molar-refractivity contribution is 5.92. The van der Waals surface area contributed by atoms with Gasteiger partial charge < -0.3 is 19.3 Å². The zero-order valence-corrected chi connectivity index (χ0v) is 11.3. The monoisotopic (exact) mass is 286 g/mol. The molecule has 2 aliphatic rings. The summed E-state index contributed by atoms with van der Waals surface area (Å²) in [6.07, 6.45) is 2.24. The van der Waals surface area contributed by atoms with Crippen molar-refractivity contribution in [1.82, 2.24) is 10.5 Å². The average molecular weight is 286 g/mol. The summed E-state index contributed by atoms with van der Waals surface area (Å²) in [5.74, 6) is 2.47. The fourth-order valence-electron chi connectivity index (χ4n) is 2.28. The molecule has 6 heteroatoms. The number of nitrogens with zero attached hydrogens (tertiary/aromatic N) is 1. The summed E-state index contributed by atoms with van der Waals surface area (Å²) in [4.78, 5) is 12.0. The molecular formula is C15H14N2O4. The van der Waals surface area contributed by atoms with Gasteiger partial charge >= 0.3 is 0 Å². The molecule has 0 unspecified atom stereocenters. The van der Waals surface area contributed by atoms with Crippen molar-refractivity contribution in [2.24, 2.45) is 0 Å². The summed E-state index contributed by atoms with van der Waals surface area (Å²) in [6.45, 7) is 0.648. The maximum absolute atomic E-state index is 12.0. The van der Waals surface area contributed by atoms with E-state index in [1.165, 1.54) is 0 Å². The number of hydrogen-bond acceptors (Lipinski definition) is 5. The van der Waals surface area contributed by atoms with Gasteiger partial charge in [-0.1, -0.05) is 11.2 Å². The highest BCUT2D eigenvalue weighted by Crippen LogP contribution is 2.40. The molecule has 1 aliphatic heterocycles. The Morgan fingerprint density at radius 3 is 2.95 bits per heavy atom. The van der Waals surface area contributed by atoms with Gasteiger partial charge in [0.1, 0.15) is 5.76 Å². The molecule has 1 aromatic heterocycles. The molecule has 0 radical (unpaired) electrons. The minimum absolute atomic E-state index is 0.233. The zero-order valence-electron chi connectivity index (χ0n) is 11.3. The second-order valence-corrected chi connectivity index (χ2v) is 5.26. The highest BCUT2D eigenvalue weighted by Gasteiger charge is 2.28. The molecule has 1 fully saturated rings. The molecule has 0 atom stereocenters. The molecule has 21 heavy (non-hydrogen) atoms. The molecular weight excluding hydrogens is 272 g/mol. The van der Waals surface area contributed by atoms with E-state index in [4.69, 9.17) is 14.0 Å². The van der Waals surface area contributed by atoms with Crippen LogP contribution in [0.2, 0.25) is 0 Å². The predicted molar refractivity (Wildman–Crippen MR) is 72.2 cm³/mol. The zero-order chi connectivity index (χ0) is 14.2. The summed E-state index contributed by atoms with van der Waals surface area (Å²) in [6, 6.07) is 7.32. The molecule has 2 aromatic rings. The molecule has 0 bridgehead atoms. The van der Waals surface area contributed by atoms with Gasteiger partial charge in [-0.2, -0.15) is 0 Å². The van der Waals surface area contributed by atoms with Gasteiger partial charge in [0.15, 0.2) is 17.2 Å². The van der Waals surface area contributed by atoms with Crippen molar-refractivity contribution in [1.29, 1.82) is 0 Å². The van der Waals surface area contributed by atoms with Gasteiger partial charge in [0.05, 0.1) is 0 Å². The van der Waals surface area contributed by atoms with Crippen molar-refractivity contribution in [2.75, 3.05) is 6.79 Å². The van der Waals surface area contributed by atoms with Gasteiger partial charge in [0.25, 0.3) is 5.91 Å². The van der Waals surface area contributed by atoms with Crippen LogP contribution in [0.4, 0.5) is 0 Å². The number of carbonyl (C=O) groups excluding carboxylic acids is 1. The Morgan fingerprint density at radius 1 is 1.24 bits per heavy atom. The third kappa shape index (κ3) is 2.44. The van der Waals surface area contributed by atoms with Crippen LogP contribution in [0, 0.1) is 0 Å². The van der Waals surface area contributed by atoms with Gasteiger partial charge in [0, 0.05) is 18.5 Å². The van der Waals surface area contributed by atoms with Crippen molar-refractivity contribution in [3.63, 3.8) is 0 Å². The molecule has 1 aliphatic carbocycles. The molecule has 1 N–H and O–H groups in total. The minimum Gasteiger partial charge on any atom is -0.454 e. The molecule has 6 nitrogen and oxygen atoms in total. The Kier molecular flexibility index (Phi) is 2.80. The third-order valence-corrected chi connectivity index (χ3v) is 3.63. The first kappa shape index (κ1) is 12.3. The van der Waals surface area contributed by atoms with Crippen LogP contribution >= 0.6 is 0 Å². The Morgan fingerprint density at radius 2 is 2.10 bits per heavy atom. The number of amides is 1. The van der Waals surface area contributed by atoms with E-state index in [0.29, 0.717) is 23.9 Å². The van der Waals surface area contributed by atoms with Gasteiger partial charge in [-0.15, -0.1) is 0 Å². The van der Waals surface area contributed by atoms with E-state index in [9.17, 15) is 4.79 Å². The first-order valence-corrected chi connectivity index (χ1v) is 6.93. The minimum atomic E-state index is -0.233. The molecule has 108 valence electrons.